The Morgan fingerprint density at radius 1 is 1.14 bits per heavy atom. The van der Waals surface area contributed by atoms with Gasteiger partial charge >= 0.3 is 0 Å². The fraction of sp³-hybridized carbons (Fsp3) is 0.346. The maximum absolute atomic E-state index is 13.2. The molecule has 35 heavy (non-hydrogen) atoms. The van der Waals surface area contributed by atoms with Crippen molar-refractivity contribution in [1.29, 1.82) is 0 Å². The molecule has 0 aliphatic carbocycles. The lowest BCUT2D eigenvalue weighted by Crippen LogP contribution is -2.40. The second kappa shape index (κ2) is 10.6. The number of carbonyl (C=O) groups excluding carboxylic acids is 1. The molecule has 0 unspecified atom stereocenters. The molecule has 3 heterocycles. The number of furan rings is 1. The molecule has 0 saturated carbocycles. The molecule has 3 aromatic rings. The zero-order valence-electron chi connectivity index (χ0n) is 19.9. The number of ether oxygens (including phenoxy) is 1. The monoisotopic (exact) mass is 495 g/mol. The number of ketones is 1. The summed E-state index contributed by atoms with van der Waals surface area (Å²) in [6.07, 6.45) is 7.10. The van der Waals surface area contributed by atoms with Gasteiger partial charge in [0.1, 0.15) is 5.76 Å². The summed E-state index contributed by atoms with van der Waals surface area (Å²) in [6, 6.07) is 12.3. The Balaban J connectivity index is 1.59. The molecule has 1 fully saturated rings. The van der Waals surface area contributed by atoms with Gasteiger partial charge in [0, 0.05) is 35.7 Å². The van der Waals surface area contributed by atoms with Gasteiger partial charge in [-0.15, -0.1) is 6.42 Å². The first-order valence-corrected chi connectivity index (χ1v) is 12.8. The number of rotatable bonds is 9. The number of carbonyl (C=O) groups is 1. The first-order valence-electron chi connectivity index (χ1n) is 11.4. The van der Waals surface area contributed by atoms with Crippen LogP contribution in [0.5, 0.6) is 0 Å². The smallest absolute Gasteiger partial charge is 0.243 e. The number of Topliss-reactive ketones (excluding diaryl/α,β-unsaturated/α-hetero) is 1. The Kier molecular flexibility index (Phi) is 7.57. The Morgan fingerprint density at radius 2 is 1.91 bits per heavy atom. The molecule has 0 amide bonds. The quantitative estimate of drug-likeness (QED) is 0.335. The predicted molar refractivity (Wildman–Crippen MR) is 132 cm³/mol. The van der Waals surface area contributed by atoms with Crippen LogP contribution in [-0.4, -0.2) is 67.4 Å². The molecular formula is C26H29N3O5S. The number of terminal acetylenes is 1. The maximum Gasteiger partial charge on any atom is 0.243 e. The first-order chi connectivity index (χ1) is 16.8. The summed E-state index contributed by atoms with van der Waals surface area (Å²) < 4.78 is 40.3. The lowest BCUT2D eigenvalue weighted by molar-refractivity contribution is 0.0730. The Labute approximate surface area is 206 Å². The highest BCUT2D eigenvalue weighted by Crippen LogP contribution is 2.25. The molecule has 4 rings (SSSR count). The van der Waals surface area contributed by atoms with Gasteiger partial charge in [-0.25, -0.2) is 8.42 Å². The van der Waals surface area contributed by atoms with E-state index in [1.54, 1.807) is 30.5 Å². The van der Waals surface area contributed by atoms with E-state index < -0.39 is 10.0 Å². The molecule has 1 aliphatic heterocycles. The third-order valence-corrected chi connectivity index (χ3v) is 7.95. The number of morpholine rings is 1. The van der Waals surface area contributed by atoms with Gasteiger partial charge in [0.25, 0.3) is 0 Å². The Hall–Kier alpha value is -3.16. The van der Waals surface area contributed by atoms with Crippen LogP contribution in [0.15, 0.2) is 58.0 Å². The fourth-order valence-electron chi connectivity index (χ4n) is 4.37. The van der Waals surface area contributed by atoms with Gasteiger partial charge in [-0.2, -0.15) is 4.31 Å². The van der Waals surface area contributed by atoms with Crippen LogP contribution < -0.4 is 0 Å². The average Bonchev–Trinajstić information content (AvgIpc) is 3.47. The average molecular weight is 496 g/mol. The minimum atomic E-state index is -3.64. The zero-order chi connectivity index (χ0) is 25.0. The van der Waals surface area contributed by atoms with Crippen LogP contribution in [0.4, 0.5) is 0 Å². The van der Waals surface area contributed by atoms with E-state index >= 15 is 0 Å². The highest BCUT2D eigenvalue weighted by Gasteiger charge is 2.27. The van der Waals surface area contributed by atoms with E-state index in [1.807, 2.05) is 41.5 Å². The number of benzene rings is 1. The molecular weight excluding hydrogens is 466 g/mol. The molecule has 0 atom stereocenters. The van der Waals surface area contributed by atoms with Crippen molar-refractivity contribution in [2.45, 2.75) is 25.3 Å². The lowest BCUT2D eigenvalue weighted by atomic mass is 10.1. The SMILES string of the molecule is C#CCN(CC(=O)c1cc(C)n(-c2cccc(S(=O)(=O)N3CCOCC3)c2)c1C)Cc1ccco1. The molecule has 0 N–H and O–H groups in total. The number of sulfonamides is 1. The van der Waals surface area contributed by atoms with E-state index in [4.69, 9.17) is 15.6 Å². The van der Waals surface area contributed by atoms with Crippen molar-refractivity contribution in [3.05, 3.63) is 71.4 Å². The van der Waals surface area contributed by atoms with Gasteiger partial charge in [0.15, 0.2) is 5.78 Å². The van der Waals surface area contributed by atoms with Gasteiger partial charge in [0.2, 0.25) is 10.0 Å². The Morgan fingerprint density at radius 3 is 2.60 bits per heavy atom. The molecule has 0 spiro atoms. The van der Waals surface area contributed by atoms with Crippen LogP contribution in [0.3, 0.4) is 0 Å². The summed E-state index contributed by atoms with van der Waals surface area (Å²) in [5.74, 6) is 3.27. The van der Waals surface area contributed by atoms with Crippen molar-refractivity contribution in [2.75, 3.05) is 39.4 Å². The van der Waals surface area contributed by atoms with E-state index in [0.29, 0.717) is 50.6 Å². The van der Waals surface area contributed by atoms with E-state index in [1.165, 1.54) is 4.31 Å². The molecule has 1 aliphatic rings. The number of hydrogen-bond acceptors (Lipinski definition) is 6. The van der Waals surface area contributed by atoms with Crippen LogP contribution in [0.1, 0.15) is 27.5 Å². The first kappa shape index (κ1) is 24.9. The summed E-state index contributed by atoms with van der Waals surface area (Å²) >= 11 is 0. The third kappa shape index (κ3) is 5.41. The molecule has 0 bridgehead atoms. The second-order valence-corrected chi connectivity index (χ2v) is 10.4. The van der Waals surface area contributed by atoms with Crippen LogP contribution in [-0.2, 0) is 21.3 Å². The lowest BCUT2D eigenvalue weighted by Gasteiger charge is -2.26. The summed E-state index contributed by atoms with van der Waals surface area (Å²) in [5, 5.41) is 0. The van der Waals surface area contributed by atoms with Crippen molar-refractivity contribution < 1.29 is 22.4 Å². The molecule has 2 aromatic heterocycles. The topological polar surface area (TPSA) is 85.0 Å². The summed E-state index contributed by atoms with van der Waals surface area (Å²) in [5.41, 5.74) is 2.84. The molecule has 0 radical (unpaired) electrons. The van der Waals surface area contributed by atoms with Crippen LogP contribution in [0, 0.1) is 26.2 Å². The minimum Gasteiger partial charge on any atom is -0.468 e. The number of aryl methyl sites for hydroxylation is 1. The molecule has 184 valence electrons. The normalized spacial score (nSPS) is 14.8. The van der Waals surface area contributed by atoms with E-state index in [2.05, 4.69) is 5.92 Å². The summed E-state index contributed by atoms with van der Waals surface area (Å²) in [4.78, 5) is 15.3. The molecule has 1 saturated heterocycles. The third-order valence-electron chi connectivity index (χ3n) is 6.06. The minimum absolute atomic E-state index is 0.0664. The van der Waals surface area contributed by atoms with E-state index in [-0.39, 0.29) is 17.2 Å². The van der Waals surface area contributed by atoms with Crippen LogP contribution in [0.25, 0.3) is 5.69 Å². The van der Waals surface area contributed by atoms with Crippen molar-refractivity contribution >= 4 is 15.8 Å². The zero-order valence-corrected chi connectivity index (χ0v) is 20.8. The maximum atomic E-state index is 13.2. The summed E-state index contributed by atoms with van der Waals surface area (Å²) in [7, 11) is -3.64. The standard InChI is InChI=1S/C26H29N3O5S/c1-4-10-27(18-23-8-6-13-34-23)19-26(30)25-16-20(2)29(21(25)3)22-7-5-9-24(17-22)35(31,32)28-11-14-33-15-12-28/h1,5-9,13,16-17H,10-12,14-15,18-19H2,2-3H3. The number of hydrogen-bond donors (Lipinski definition) is 0. The van der Waals surface area contributed by atoms with Gasteiger partial charge < -0.3 is 13.7 Å². The fourth-order valence-corrected chi connectivity index (χ4v) is 5.82. The molecule has 8 nitrogen and oxygen atoms in total. The van der Waals surface area contributed by atoms with Gasteiger partial charge in [0.05, 0.1) is 44.0 Å². The largest absolute Gasteiger partial charge is 0.468 e. The highest BCUT2D eigenvalue weighted by molar-refractivity contribution is 7.89. The van der Waals surface area contributed by atoms with Crippen LogP contribution >= 0.6 is 0 Å². The van der Waals surface area contributed by atoms with E-state index in [0.717, 1.165) is 17.1 Å². The van der Waals surface area contributed by atoms with Crippen LogP contribution in [0.2, 0.25) is 0 Å². The highest BCUT2D eigenvalue weighted by atomic mass is 32.2. The van der Waals surface area contributed by atoms with Crippen molar-refractivity contribution in [2.24, 2.45) is 0 Å². The second-order valence-electron chi connectivity index (χ2n) is 8.49. The van der Waals surface area contributed by atoms with Crippen molar-refractivity contribution in [1.82, 2.24) is 13.8 Å². The van der Waals surface area contributed by atoms with Gasteiger partial charge in [-0.05, 0) is 50.2 Å². The van der Waals surface area contributed by atoms with Gasteiger partial charge in [-0.1, -0.05) is 12.0 Å². The predicted octanol–water partition coefficient (Wildman–Crippen LogP) is 3.03. The molecule has 1 aromatic carbocycles. The number of aromatic nitrogens is 1. The molecule has 9 heteroatoms. The van der Waals surface area contributed by atoms with E-state index in [9.17, 15) is 13.2 Å². The van der Waals surface area contributed by atoms with Crippen molar-refractivity contribution in [3.63, 3.8) is 0 Å². The van der Waals surface area contributed by atoms with Crippen molar-refractivity contribution in [3.8, 4) is 18.0 Å². The van der Waals surface area contributed by atoms with Gasteiger partial charge in [-0.3, -0.25) is 9.69 Å². The summed E-state index contributed by atoms with van der Waals surface area (Å²) in [6.45, 7) is 6.08. The Bertz CT molecular complexity index is 1330. The number of nitrogens with zero attached hydrogens (tertiary/aromatic N) is 3.